The molecule has 1 aliphatic heterocycles. The summed E-state index contributed by atoms with van der Waals surface area (Å²) >= 11 is 0. The van der Waals surface area contributed by atoms with Crippen LogP contribution in [0.25, 0.3) is 0 Å². The number of hydrogen-bond acceptors (Lipinski definition) is 4. The van der Waals surface area contributed by atoms with Gasteiger partial charge in [-0.1, -0.05) is 36.4 Å². The van der Waals surface area contributed by atoms with Crippen molar-refractivity contribution in [2.24, 2.45) is 0 Å². The van der Waals surface area contributed by atoms with Gasteiger partial charge in [0, 0.05) is 11.1 Å². The molecule has 2 amide bonds. The Morgan fingerprint density at radius 2 is 1.08 bits per heavy atom. The van der Waals surface area contributed by atoms with Gasteiger partial charge in [-0.3, -0.25) is 9.59 Å². The lowest BCUT2D eigenvalue weighted by molar-refractivity contribution is -0.154. The van der Waals surface area contributed by atoms with Crippen molar-refractivity contribution in [3.63, 3.8) is 0 Å². The van der Waals surface area contributed by atoms with Crippen LogP contribution in [0, 0.1) is 0 Å². The molecule has 6 heteroatoms. The van der Waals surface area contributed by atoms with E-state index in [0.717, 1.165) is 0 Å². The maximum absolute atomic E-state index is 12.3. The fraction of sp³-hybridized carbons (Fsp3) is 0.222. The highest BCUT2D eigenvalue weighted by molar-refractivity contribution is 5.95. The van der Waals surface area contributed by atoms with Gasteiger partial charge >= 0.3 is 0 Å². The molecule has 0 unspecified atom stereocenters. The number of amides is 2. The summed E-state index contributed by atoms with van der Waals surface area (Å²) in [6.07, 6.45) is -1.50. The number of carbonyl (C=O) groups excluding carboxylic acids is 2. The molecule has 1 fully saturated rings. The molecule has 6 nitrogen and oxygen atoms in total. The second-order valence-corrected chi connectivity index (χ2v) is 5.26. The smallest absolute Gasteiger partial charge is 0.253 e. The van der Waals surface area contributed by atoms with E-state index in [1.165, 1.54) is 0 Å². The molecule has 0 bridgehead atoms. The van der Waals surface area contributed by atoms with Crippen LogP contribution in [0.3, 0.4) is 0 Å². The zero-order chi connectivity index (χ0) is 16.8. The van der Waals surface area contributed by atoms with Gasteiger partial charge in [0.2, 0.25) is 0 Å². The summed E-state index contributed by atoms with van der Waals surface area (Å²) in [6.45, 7) is 0.689. The zero-order valence-electron chi connectivity index (χ0n) is 13.0. The van der Waals surface area contributed by atoms with E-state index in [1.54, 1.807) is 48.5 Å². The second kappa shape index (κ2) is 7.72. The third-order valence-corrected chi connectivity index (χ3v) is 3.57. The molecule has 0 spiro atoms. The molecule has 3 rings (SSSR count). The highest BCUT2D eigenvalue weighted by Gasteiger charge is 2.30. The molecule has 1 heterocycles. The molecule has 1 saturated heterocycles. The Balaban J connectivity index is 1.65. The normalized spacial score (nSPS) is 20.2. The molecule has 2 atom stereocenters. The summed E-state index contributed by atoms with van der Waals surface area (Å²) < 4.78 is 11.1. The van der Waals surface area contributed by atoms with Crippen molar-refractivity contribution in [1.29, 1.82) is 0 Å². The van der Waals surface area contributed by atoms with Crippen molar-refractivity contribution in [3.8, 4) is 0 Å². The Bertz CT molecular complexity index is 629. The van der Waals surface area contributed by atoms with Crippen LogP contribution < -0.4 is 10.6 Å². The first kappa shape index (κ1) is 16.2. The van der Waals surface area contributed by atoms with Crippen molar-refractivity contribution < 1.29 is 19.1 Å². The molecule has 0 aliphatic carbocycles. The van der Waals surface area contributed by atoms with Crippen molar-refractivity contribution in [2.75, 3.05) is 13.2 Å². The van der Waals surface area contributed by atoms with Crippen molar-refractivity contribution in [2.45, 2.75) is 12.5 Å². The molecule has 2 aromatic rings. The minimum Gasteiger partial charge on any atom is -0.351 e. The van der Waals surface area contributed by atoms with Gasteiger partial charge in [-0.15, -0.1) is 0 Å². The van der Waals surface area contributed by atoms with E-state index >= 15 is 0 Å². The van der Waals surface area contributed by atoms with Crippen molar-refractivity contribution >= 4 is 11.8 Å². The summed E-state index contributed by atoms with van der Waals surface area (Å²) in [5.74, 6) is -0.574. The third kappa shape index (κ3) is 3.98. The van der Waals surface area contributed by atoms with E-state index in [4.69, 9.17) is 9.47 Å². The van der Waals surface area contributed by atoms with Crippen LogP contribution in [-0.2, 0) is 9.47 Å². The molecule has 0 aromatic heterocycles. The van der Waals surface area contributed by atoms with Crippen LogP contribution in [0.4, 0.5) is 0 Å². The number of nitrogens with one attached hydrogen (secondary N) is 2. The Morgan fingerprint density at radius 1 is 0.708 bits per heavy atom. The van der Waals surface area contributed by atoms with E-state index in [0.29, 0.717) is 24.3 Å². The summed E-state index contributed by atoms with van der Waals surface area (Å²) in [6, 6.07) is 17.6. The molecule has 0 radical (unpaired) electrons. The van der Waals surface area contributed by atoms with E-state index in [1.807, 2.05) is 12.1 Å². The van der Waals surface area contributed by atoms with Gasteiger partial charge < -0.3 is 20.1 Å². The standard InChI is InChI=1S/C18H18N2O4/c21-15(13-7-3-1-4-8-13)19-17-18(24-12-11-23-17)20-16(22)14-9-5-2-6-10-14/h1-10,17-18H,11-12H2,(H,19,21)(H,20,22)/t17-,18+. The predicted octanol–water partition coefficient (Wildman–Crippen LogP) is 1.55. The zero-order valence-corrected chi connectivity index (χ0v) is 13.0. The van der Waals surface area contributed by atoms with Gasteiger partial charge in [-0.05, 0) is 24.3 Å². The lowest BCUT2D eigenvalue weighted by Gasteiger charge is -2.32. The first-order valence-corrected chi connectivity index (χ1v) is 7.69. The topological polar surface area (TPSA) is 76.7 Å². The largest absolute Gasteiger partial charge is 0.351 e. The van der Waals surface area contributed by atoms with Gasteiger partial charge in [0.1, 0.15) is 0 Å². The van der Waals surface area contributed by atoms with E-state index in [9.17, 15) is 9.59 Å². The minimum absolute atomic E-state index is 0.287. The van der Waals surface area contributed by atoms with Crippen molar-refractivity contribution in [1.82, 2.24) is 10.6 Å². The Hall–Kier alpha value is -2.70. The summed E-state index contributed by atoms with van der Waals surface area (Å²) in [5.41, 5.74) is 1.03. The highest BCUT2D eigenvalue weighted by Crippen LogP contribution is 2.09. The van der Waals surface area contributed by atoms with Crippen LogP contribution in [0.2, 0.25) is 0 Å². The van der Waals surface area contributed by atoms with Gasteiger partial charge in [-0.2, -0.15) is 0 Å². The number of hydrogen-bond donors (Lipinski definition) is 2. The van der Waals surface area contributed by atoms with E-state index < -0.39 is 12.5 Å². The number of rotatable bonds is 4. The quantitative estimate of drug-likeness (QED) is 0.894. The average molecular weight is 326 g/mol. The van der Waals surface area contributed by atoms with Gasteiger partial charge in [0.15, 0.2) is 12.5 Å². The second-order valence-electron chi connectivity index (χ2n) is 5.26. The predicted molar refractivity (Wildman–Crippen MR) is 87.3 cm³/mol. The van der Waals surface area contributed by atoms with Crippen LogP contribution in [0.5, 0.6) is 0 Å². The van der Waals surface area contributed by atoms with E-state index in [-0.39, 0.29) is 11.8 Å². The first-order valence-electron chi connectivity index (χ1n) is 7.69. The number of carbonyl (C=O) groups is 2. The minimum atomic E-state index is -0.751. The van der Waals surface area contributed by atoms with Gasteiger partial charge in [0.05, 0.1) is 13.2 Å². The maximum atomic E-state index is 12.3. The molecule has 2 aromatic carbocycles. The molecule has 1 aliphatic rings. The summed E-state index contributed by atoms with van der Waals surface area (Å²) in [5, 5.41) is 5.48. The van der Waals surface area contributed by atoms with E-state index in [2.05, 4.69) is 10.6 Å². The average Bonchev–Trinajstić information content (AvgIpc) is 2.64. The van der Waals surface area contributed by atoms with Crippen LogP contribution in [0.15, 0.2) is 60.7 Å². The summed E-state index contributed by atoms with van der Waals surface area (Å²) in [7, 11) is 0. The SMILES string of the molecule is O=C(N[C@@H]1OCCO[C@@H]1NC(=O)c1ccccc1)c1ccccc1. The molecule has 24 heavy (non-hydrogen) atoms. The Kier molecular flexibility index (Phi) is 5.20. The van der Waals surface area contributed by atoms with Crippen molar-refractivity contribution in [3.05, 3.63) is 71.8 Å². The van der Waals surface area contributed by atoms with Gasteiger partial charge in [0.25, 0.3) is 11.8 Å². The molecule has 124 valence electrons. The van der Waals surface area contributed by atoms with Crippen LogP contribution >= 0.6 is 0 Å². The monoisotopic (exact) mass is 326 g/mol. The fourth-order valence-corrected chi connectivity index (χ4v) is 2.36. The fourth-order valence-electron chi connectivity index (χ4n) is 2.36. The summed E-state index contributed by atoms with van der Waals surface area (Å²) in [4.78, 5) is 24.5. The Labute approximate surface area is 139 Å². The van der Waals surface area contributed by atoms with Crippen LogP contribution in [0.1, 0.15) is 20.7 Å². The third-order valence-electron chi connectivity index (χ3n) is 3.57. The molecular formula is C18H18N2O4. The molecule has 2 N–H and O–H groups in total. The van der Waals surface area contributed by atoms with Crippen LogP contribution in [-0.4, -0.2) is 37.5 Å². The van der Waals surface area contributed by atoms with Gasteiger partial charge in [-0.25, -0.2) is 0 Å². The molecular weight excluding hydrogens is 308 g/mol. The highest BCUT2D eigenvalue weighted by atomic mass is 16.6. The lowest BCUT2D eigenvalue weighted by atomic mass is 10.2. The Morgan fingerprint density at radius 3 is 1.46 bits per heavy atom. The number of benzene rings is 2. The molecule has 0 saturated carbocycles. The number of ether oxygens (including phenoxy) is 2. The maximum Gasteiger partial charge on any atom is 0.253 e. The lowest BCUT2D eigenvalue weighted by Crippen LogP contribution is -2.57. The first-order chi connectivity index (χ1) is 11.7.